The van der Waals surface area contributed by atoms with Gasteiger partial charge < -0.3 is 14.7 Å². The molecule has 2 bridgehead atoms. The summed E-state index contributed by atoms with van der Waals surface area (Å²) in [6.45, 7) is 0.533. The van der Waals surface area contributed by atoms with Crippen molar-refractivity contribution in [3.8, 4) is 0 Å². The van der Waals surface area contributed by atoms with Gasteiger partial charge in [-0.05, 0) is 31.1 Å². The number of hydrogen-bond donors (Lipinski definition) is 1. The third-order valence-electron chi connectivity index (χ3n) is 5.00. The number of aliphatic carboxylic acids is 1. The van der Waals surface area contributed by atoms with Crippen molar-refractivity contribution in [1.82, 2.24) is 4.90 Å². The van der Waals surface area contributed by atoms with E-state index in [1.54, 1.807) is 12.0 Å². The summed E-state index contributed by atoms with van der Waals surface area (Å²) in [5, 5.41) is 9.01. The van der Waals surface area contributed by atoms with Gasteiger partial charge in [-0.25, -0.2) is 0 Å². The van der Waals surface area contributed by atoms with Crippen LogP contribution in [0.5, 0.6) is 0 Å². The summed E-state index contributed by atoms with van der Waals surface area (Å²) in [5.41, 5.74) is 0. The van der Waals surface area contributed by atoms with Gasteiger partial charge in [0.1, 0.15) is 0 Å². The van der Waals surface area contributed by atoms with Gasteiger partial charge in [-0.2, -0.15) is 0 Å². The molecule has 3 rings (SSSR count). The first kappa shape index (κ1) is 13.6. The van der Waals surface area contributed by atoms with Gasteiger partial charge in [0.25, 0.3) is 0 Å². The fourth-order valence-corrected chi connectivity index (χ4v) is 3.99. The maximum Gasteiger partial charge on any atom is 0.305 e. The first-order valence-electron chi connectivity index (χ1n) is 7.32. The number of carbonyl (C=O) groups is 2. The summed E-state index contributed by atoms with van der Waals surface area (Å²) in [4.78, 5) is 25.5. The molecule has 1 N–H and O–H groups in total. The fourth-order valence-electron chi connectivity index (χ4n) is 3.99. The summed E-state index contributed by atoms with van der Waals surface area (Å²) < 4.78 is 5.33. The van der Waals surface area contributed by atoms with Gasteiger partial charge in [-0.15, -0.1) is 0 Å². The van der Waals surface area contributed by atoms with E-state index in [9.17, 15) is 9.59 Å². The maximum atomic E-state index is 12.7. The third kappa shape index (κ3) is 2.35. The van der Waals surface area contributed by atoms with Crippen LogP contribution in [0.2, 0.25) is 0 Å². The monoisotopic (exact) mass is 279 g/mol. The molecule has 1 amide bonds. The van der Waals surface area contributed by atoms with Crippen LogP contribution in [0.25, 0.3) is 0 Å². The Kier molecular flexibility index (Phi) is 3.54. The van der Waals surface area contributed by atoms with Gasteiger partial charge in [0.05, 0.1) is 12.5 Å². The van der Waals surface area contributed by atoms with E-state index in [0.717, 1.165) is 12.8 Å². The van der Waals surface area contributed by atoms with Crippen LogP contribution in [-0.2, 0) is 14.3 Å². The van der Waals surface area contributed by atoms with Crippen molar-refractivity contribution in [3.63, 3.8) is 0 Å². The highest BCUT2D eigenvalue weighted by Crippen LogP contribution is 2.45. The van der Waals surface area contributed by atoms with E-state index >= 15 is 0 Å². The lowest BCUT2D eigenvalue weighted by molar-refractivity contribution is -0.141. The van der Waals surface area contributed by atoms with Crippen molar-refractivity contribution in [1.29, 1.82) is 0 Å². The summed E-state index contributed by atoms with van der Waals surface area (Å²) in [7, 11) is 1.62. The summed E-state index contributed by atoms with van der Waals surface area (Å²) >= 11 is 0. The molecule has 0 aromatic carbocycles. The van der Waals surface area contributed by atoms with Crippen molar-refractivity contribution in [2.45, 2.75) is 37.8 Å². The second-order valence-corrected chi connectivity index (χ2v) is 6.22. The summed E-state index contributed by atoms with van der Waals surface area (Å²) in [6.07, 6.45) is 7.00. The Morgan fingerprint density at radius 2 is 2.10 bits per heavy atom. The SMILES string of the molecule is COC1CC(CC(=O)O)N(C(=O)C2CC3C=CC2C3)C1. The van der Waals surface area contributed by atoms with Crippen molar-refractivity contribution in [2.75, 3.05) is 13.7 Å². The molecule has 5 atom stereocenters. The number of methoxy groups -OCH3 is 1. The first-order chi connectivity index (χ1) is 9.58. The zero-order valence-corrected chi connectivity index (χ0v) is 11.7. The molecule has 2 aliphatic carbocycles. The van der Waals surface area contributed by atoms with Crippen LogP contribution in [0, 0.1) is 17.8 Å². The molecule has 3 aliphatic rings. The quantitative estimate of drug-likeness (QED) is 0.787. The highest BCUT2D eigenvalue weighted by molar-refractivity contribution is 5.81. The standard InChI is InChI=1S/C15H21NO4/c1-20-12-6-11(7-14(17)18)16(8-12)15(19)13-5-9-2-3-10(13)4-9/h2-3,9-13H,4-8H2,1H3,(H,17,18). The highest BCUT2D eigenvalue weighted by Gasteiger charge is 2.45. The van der Waals surface area contributed by atoms with Gasteiger partial charge in [-0.3, -0.25) is 9.59 Å². The van der Waals surface area contributed by atoms with Gasteiger partial charge in [0.15, 0.2) is 0 Å². The van der Waals surface area contributed by atoms with Crippen molar-refractivity contribution >= 4 is 11.9 Å². The molecule has 5 nitrogen and oxygen atoms in total. The smallest absolute Gasteiger partial charge is 0.305 e. The van der Waals surface area contributed by atoms with Gasteiger partial charge in [-0.1, -0.05) is 12.2 Å². The number of likely N-dealkylation sites (tertiary alicyclic amines) is 1. The number of carboxylic acids is 1. The number of carbonyl (C=O) groups excluding carboxylic acids is 1. The highest BCUT2D eigenvalue weighted by atomic mass is 16.5. The topological polar surface area (TPSA) is 66.8 Å². The molecule has 5 unspecified atom stereocenters. The molecule has 1 heterocycles. The molecule has 0 spiro atoms. The number of nitrogens with zero attached hydrogens (tertiary/aromatic N) is 1. The second kappa shape index (κ2) is 5.20. The molecule has 0 radical (unpaired) electrons. The number of allylic oxidation sites excluding steroid dienone is 2. The largest absolute Gasteiger partial charge is 0.481 e. The fraction of sp³-hybridized carbons (Fsp3) is 0.733. The minimum absolute atomic E-state index is 0.0161. The first-order valence-corrected chi connectivity index (χ1v) is 7.32. The Hall–Kier alpha value is -1.36. The minimum Gasteiger partial charge on any atom is -0.481 e. The molecule has 20 heavy (non-hydrogen) atoms. The Morgan fingerprint density at radius 3 is 2.65 bits per heavy atom. The van der Waals surface area contributed by atoms with Crippen LogP contribution >= 0.6 is 0 Å². The molecular weight excluding hydrogens is 258 g/mol. The molecular formula is C15H21NO4. The third-order valence-corrected chi connectivity index (χ3v) is 5.00. The molecule has 1 saturated carbocycles. The average molecular weight is 279 g/mol. The van der Waals surface area contributed by atoms with Crippen molar-refractivity contribution < 1.29 is 19.4 Å². The molecule has 110 valence electrons. The van der Waals surface area contributed by atoms with E-state index in [1.165, 1.54) is 0 Å². The second-order valence-electron chi connectivity index (χ2n) is 6.22. The van der Waals surface area contributed by atoms with Crippen LogP contribution in [0.15, 0.2) is 12.2 Å². The normalized spacial score (nSPS) is 38.6. The van der Waals surface area contributed by atoms with Crippen molar-refractivity contribution in [3.05, 3.63) is 12.2 Å². The number of hydrogen-bond acceptors (Lipinski definition) is 3. The maximum absolute atomic E-state index is 12.7. The van der Waals surface area contributed by atoms with Gasteiger partial charge >= 0.3 is 5.97 Å². The van der Waals surface area contributed by atoms with Crippen LogP contribution < -0.4 is 0 Å². The van der Waals surface area contributed by atoms with E-state index in [1.807, 2.05) is 0 Å². The molecule has 5 heteroatoms. The van der Waals surface area contributed by atoms with Gasteiger partial charge in [0.2, 0.25) is 5.91 Å². The lowest BCUT2D eigenvalue weighted by Gasteiger charge is -2.28. The lowest BCUT2D eigenvalue weighted by Crippen LogP contribution is -2.42. The Bertz CT molecular complexity index is 447. The number of carboxylic acid groups (broad SMARTS) is 1. The Morgan fingerprint density at radius 1 is 1.30 bits per heavy atom. The minimum atomic E-state index is -0.850. The van der Waals surface area contributed by atoms with Crippen LogP contribution in [-0.4, -0.2) is 47.7 Å². The number of rotatable bonds is 4. The Balaban J connectivity index is 1.71. The van der Waals surface area contributed by atoms with Crippen LogP contribution in [0.3, 0.4) is 0 Å². The number of ether oxygens (including phenoxy) is 1. The van der Waals surface area contributed by atoms with Crippen LogP contribution in [0.1, 0.15) is 25.7 Å². The molecule has 0 aromatic rings. The molecule has 1 aliphatic heterocycles. The van der Waals surface area contributed by atoms with E-state index < -0.39 is 5.97 Å². The van der Waals surface area contributed by atoms with Crippen LogP contribution in [0.4, 0.5) is 0 Å². The average Bonchev–Trinajstić information content (AvgIpc) is 3.11. The summed E-state index contributed by atoms with van der Waals surface area (Å²) in [5.74, 6) is 0.245. The number of fused-ring (bicyclic) bond motifs is 2. The van der Waals surface area contributed by atoms with E-state index in [0.29, 0.717) is 24.8 Å². The van der Waals surface area contributed by atoms with E-state index in [-0.39, 0.29) is 30.4 Å². The lowest BCUT2D eigenvalue weighted by atomic mass is 9.92. The predicted molar refractivity (Wildman–Crippen MR) is 72.0 cm³/mol. The molecule has 0 aromatic heterocycles. The van der Waals surface area contributed by atoms with E-state index in [2.05, 4.69) is 12.2 Å². The molecule has 2 fully saturated rings. The zero-order valence-electron chi connectivity index (χ0n) is 11.7. The van der Waals surface area contributed by atoms with Gasteiger partial charge in [0, 0.05) is 25.6 Å². The Labute approximate surface area is 118 Å². The van der Waals surface area contributed by atoms with E-state index in [4.69, 9.17) is 9.84 Å². The predicted octanol–water partition coefficient (Wildman–Crippen LogP) is 1.29. The summed E-state index contributed by atoms with van der Waals surface area (Å²) in [6, 6.07) is -0.215. The zero-order chi connectivity index (χ0) is 14.3. The molecule has 1 saturated heterocycles. The number of amides is 1. The van der Waals surface area contributed by atoms with Crippen molar-refractivity contribution in [2.24, 2.45) is 17.8 Å².